The summed E-state index contributed by atoms with van der Waals surface area (Å²) < 4.78 is 13.8. The van der Waals surface area contributed by atoms with E-state index in [9.17, 15) is 4.39 Å². The lowest BCUT2D eigenvalue weighted by atomic mass is 10.2. The van der Waals surface area contributed by atoms with Gasteiger partial charge in [-0.05, 0) is 24.6 Å². The topological polar surface area (TPSA) is 37.8 Å². The Morgan fingerprint density at radius 2 is 2.15 bits per heavy atom. The lowest BCUT2D eigenvalue weighted by molar-refractivity contribution is 0.553. The minimum atomic E-state index is -0.363. The van der Waals surface area contributed by atoms with Crippen LogP contribution in [0.15, 0.2) is 18.2 Å². The number of hydrogen-bond acceptors (Lipinski definition) is 4. The average Bonchev–Trinajstić information content (AvgIpc) is 2.83. The second-order valence-electron chi connectivity index (χ2n) is 4.95. The maximum Gasteiger partial charge on any atom is 0.152 e. The van der Waals surface area contributed by atoms with E-state index < -0.39 is 0 Å². The van der Waals surface area contributed by atoms with E-state index >= 15 is 0 Å². The molecule has 0 saturated carbocycles. The number of aromatic nitrogens is 2. The van der Waals surface area contributed by atoms with Gasteiger partial charge in [-0.1, -0.05) is 42.9 Å². The first-order valence-corrected chi connectivity index (χ1v) is 7.75. The molecule has 1 aromatic carbocycles. The van der Waals surface area contributed by atoms with E-state index in [4.69, 9.17) is 11.6 Å². The Labute approximate surface area is 127 Å². The van der Waals surface area contributed by atoms with Gasteiger partial charge in [-0.15, -0.1) is 10.2 Å². The average molecular weight is 314 g/mol. The number of halogens is 2. The second kappa shape index (κ2) is 7.11. The monoisotopic (exact) mass is 313 g/mol. The fraction of sp³-hybridized carbons (Fsp3) is 0.429. The summed E-state index contributed by atoms with van der Waals surface area (Å²) in [5.74, 6) is 0.260. The minimum absolute atomic E-state index is 0.341. The molecule has 1 aromatic heterocycles. The van der Waals surface area contributed by atoms with Gasteiger partial charge < -0.3 is 5.32 Å². The molecule has 0 aliphatic rings. The smallest absolute Gasteiger partial charge is 0.152 e. The standard InChI is InChI=1S/C14H17ClFN3S/c1-9(2)8-17-7-6-12-18-19-14(20-12)13-10(15)4-3-5-11(13)16/h3-5,9,17H,6-8H2,1-2H3. The minimum Gasteiger partial charge on any atom is -0.316 e. The van der Waals surface area contributed by atoms with E-state index in [0.717, 1.165) is 24.5 Å². The van der Waals surface area contributed by atoms with Crippen LogP contribution in [-0.4, -0.2) is 23.3 Å². The van der Waals surface area contributed by atoms with Crippen LogP contribution in [0.3, 0.4) is 0 Å². The van der Waals surface area contributed by atoms with Crippen LogP contribution in [0.1, 0.15) is 18.9 Å². The normalized spacial score (nSPS) is 11.2. The van der Waals surface area contributed by atoms with Crippen molar-refractivity contribution in [2.75, 3.05) is 13.1 Å². The first-order valence-electron chi connectivity index (χ1n) is 6.55. The van der Waals surface area contributed by atoms with Crippen LogP contribution in [0, 0.1) is 11.7 Å². The lowest BCUT2D eigenvalue weighted by Gasteiger charge is -2.05. The number of hydrogen-bond donors (Lipinski definition) is 1. The van der Waals surface area contributed by atoms with Crippen LogP contribution < -0.4 is 5.32 Å². The Kier molecular flexibility index (Phi) is 5.46. The number of benzene rings is 1. The second-order valence-corrected chi connectivity index (χ2v) is 6.41. The Hall–Kier alpha value is -1.04. The Bertz CT molecular complexity index is 551. The van der Waals surface area contributed by atoms with E-state index in [1.807, 2.05) is 0 Å². The third-order valence-electron chi connectivity index (χ3n) is 2.71. The van der Waals surface area contributed by atoms with Crippen molar-refractivity contribution < 1.29 is 4.39 Å². The van der Waals surface area contributed by atoms with Gasteiger partial charge in [-0.3, -0.25) is 0 Å². The van der Waals surface area contributed by atoms with Crippen molar-refractivity contribution in [2.45, 2.75) is 20.3 Å². The van der Waals surface area contributed by atoms with Crippen molar-refractivity contribution in [3.05, 3.63) is 34.0 Å². The van der Waals surface area contributed by atoms with E-state index in [-0.39, 0.29) is 5.82 Å². The molecule has 0 spiro atoms. The molecular formula is C14H17ClFN3S. The van der Waals surface area contributed by atoms with E-state index in [0.29, 0.717) is 21.5 Å². The molecule has 0 aliphatic carbocycles. The fourth-order valence-corrected chi connectivity index (χ4v) is 2.95. The summed E-state index contributed by atoms with van der Waals surface area (Å²) in [6.07, 6.45) is 0.788. The van der Waals surface area contributed by atoms with Crippen molar-refractivity contribution in [1.29, 1.82) is 0 Å². The van der Waals surface area contributed by atoms with Crippen LogP contribution in [0.4, 0.5) is 4.39 Å². The molecule has 1 heterocycles. The fourth-order valence-electron chi connectivity index (χ4n) is 1.74. The first kappa shape index (κ1) is 15.4. The van der Waals surface area contributed by atoms with Crippen molar-refractivity contribution >= 4 is 22.9 Å². The van der Waals surface area contributed by atoms with Crippen molar-refractivity contribution in [1.82, 2.24) is 15.5 Å². The summed E-state index contributed by atoms with van der Waals surface area (Å²) in [5, 5.41) is 13.3. The largest absolute Gasteiger partial charge is 0.316 e. The van der Waals surface area contributed by atoms with Crippen molar-refractivity contribution in [3.8, 4) is 10.6 Å². The SMILES string of the molecule is CC(C)CNCCc1nnc(-c2c(F)cccc2Cl)s1. The van der Waals surface area contributed by atoms with E-state index in [1.165, 1.54) is 17.4 Å². The summed E-state index contributed by atoms with van der Waals surface area (Å²) in [6, 6.07) is 4.62. The van der Waals surface area contributed by atoms with Gasteiger partial charge in [0, 0.05) is 13.0 Å². The van der Waals surface area contributed by atoms with Crippen molar-refractivity contribution in [3.63, 3.8) is 0 Å². The molecule has 1 N–H and O–H groups in total. The van der Waals surface area contributed by atoms with E-state index in [1.54, 1.807) is 12.1 Å². The molecular weight excluding hydrogens is 297 g/mol. The summed E-state index contributed by atoms with van der Waals surface area (Å²) in [7, 11) is 0. The molecule has 0 saturated heterocycles. The summed E-state index contributed by atoms with van der Waals surface area (Å²) in [6.45, 7) is 6.15. The summed E-state index contributed by atoms with van der Waals surface area (Å²) in [5.41, 5.74) is 0.341. The van der Waals surface area contributed by atoms with Gasteiger partial charge in [0.05, 0.1) is 10.6 Å². The molecule has 6 heteroatoms. The van der Waals surface area contributed by atoms with Crippen LogP contribution in [0.5, 0.6) is 0 Å². The summed E-state index contributed by atoms with van der Waals surface area (Å²) >= 11 is 7.41. The Balaban J connectivity index is 2.02. The quantitative estimate of drug-likeness (QED) is 0.825. The highest BCUT2D eigenvalue weighted by Gasteiger charge is 2.14. The van der Waals surface area contributed by atoms with Crippen LogP contribution in [-0.2, 0) is 6.42 Å². The Morgan fingerprint density at radius 1 is 1.35 bits per heavy atom. The van der Waals surface area contributed by atoms with Gasteiger partial charge in [-0.2, -0.15) is 0 Å². The zero-order chi connectivity index (χ0) is 14.5. The zero-order valence-electron chi connectivity index (χ0n) is 11.5. The maximum atomic E-state index is 13.8. The molecule has 20 heavy (non-hydrogen) atoms. The third kappa shape index (κ3) is 3.98. The predicted octanol–water partition coefficient (Wildman–Crippen LogP) is 3.79. The molecule has 0 amide bonds. The molecule has 2 aromatic rings. The number of nitrogens with one attached hydrogen (secondary N) is 1. The summed E-state index contributed by atoms with van der Waals surface area (Å²) in [4.78, 5) is 0. The molecule has 0 bridgehead atoms. The molecule has 0 fully saturated rings. The van der Waals surface area contributed by atoms with Gasteiger partial charge in [-0.25, -0.2) is 4.39 Å². The highest BCUT2D eigenvalue weighted by Crippen LogP contribution is 2.32. The molecule has 0 radical (unpaired) electrons. The highest BCUT2D eigenvalue weighted by atomic mass is 35.5. The third-order valence-corrected chi connectivity index (χ3v) is 4.03. The van der Waals surface area contributed by atoms with Crippen LogP contribution in [0.2, 0.25) is 5.02 Å². The molecule has 2 rings (SSSR count). The molecule has 0 unspecified atom stereocenters. The maximum absolute atomic E-state index is 13.8. The van der Waals surface area contributed by atoms with Gasteiger partial charge in [0.15, 0.2) is 5.01 Å². The van der Waals surface area contributed by atoms with Crippen molar-refractivity contribution in [2.24, 2.45) is 5.92 Å². The van der Waals surface area contributed by atoms with Gasteiger partial charge >= 0.3 is 0 Å². The molecule has 108 valence electrons. The first-order chi connectivity index (χ1) is 9.58. The van der Waals surface area contributed by atoms with Gasteiger partial charge in [0.2, 0.25) is 0 Å². The molecule has 0 aliphatic heterocycles. The zero-order valence-corrected chi connectivity index (χ0v) is 13.1. The van der Waals surface area contributed by atoms with Gasteiger partial charge in [0.25, 0.3) is 0 Å². The molecule has 0 atom stereocenters. The number of nitrogens with zero attached hydrogens (tertiary/aromatic N) is 2. The van der Waals surface area contributed by atoms with Crippen LogP contribution >= 0.6 is 22.9 Å². The van der Waals surface area contributed by atoms with Crippen LogP contribution in [0.25, 0.3) is 10.6 Å². The van der Waals surface area contributed by atoms with E-state index in [2.05, 4.69) is 29.4 Å². The predicted molar refractivity (Wildman–Crippen MR) is 81.7 cm³/mol. The van der Waals surface area contributed by atoms with Gasteiger partial charge in [0.1, 0.15) is 10.8 Å². The number of rotatable bonds is 6. The lowest BCUT2D eigenvalue weighted by Crippen LogP contribution is -2.22. The molecule has 3 nitrogen and oxygen atoms in total. The Morgan fingerprint density at radius 3 is 2.85 bits per heavy atom. The highest BCUT2D eigenvalue weighted by molar-refractivity contribution is 7.14.